The summed E-state index contributed by atoms with van der Waals surface area (Å²) in [5, 5.41) is 18.0. The number of para-hydroxylation sites is 1. The highest BCUT2D eigenvalue weighted by Gasteiger charge is 2.36. The lowest BCUT2D eigenvalue weighted by atomic mass is 10.1. The molecule has 0 saturated heterocycles. The van der Waals surface area contributed by atoms with Gasteiger partial charge in [-0.1, -0.05) is 77.8 Å². The Morgan fingerprint density at radius 2 is 1.68 bits per heavy atom. The number of benzene rings is 3. The van der Waals surface area contributed by atoms with Crippen molar-refractivity contribution < 1.29 is 4.79 Å². The van der Waals surface area contributed by atoms with Crippen molar-refractivity contribution in [2.75, 3.05) is 0 Å². The third kappa shape index (κ3) is 4.09. The van der Waals surface area contributed by atoms with Gasteiger partial charge in [0.1, 0.15) is 5.04 Å². The van der Waals surface area contributed by atoms with Gasteiger partial charge in [-0.3, -0.25) is 10.2 Å². The number of carbonyl (C=O) groups excluding carboxylic acids is 1. The Hall–Kier alpha value is -3.65. The topological polar surface area (TPSA) is 73.8 Å². The van der Waals surface area contributed by atoms with Crippen LogP contribution in [0.15, 0.2) is 88.5 Å². The second kappa shape index (κ2) is 9.34. The molecule has 0 fully saturated rings. The predicted molar refractivity (Wildman–Crippen MR) is 153 cm³/mol. The van der Waals surface area contributed by atoms with Crippen molar-refractivity contribution >= 4 is 73.9 Å². The summed E-state index contributed by atoms with van der Waals surface area (Å²) in [6, 6.07) is 23.1. The molecule has 0 radical (unpaired) electrons. The minimum absolute atomic E-state index is 0.0214. The number of hydrogen-bond acceptors (Lipinski definition) is 4. The molecule has 37 heavy (non-hydrogen) atoms. The van der Waals surface area contributed by atoms with E-state index in [2.05, 4.69) is 14.7 Å². The molecule has 0 saturated carbocycles. The predicted octanol–water partition coefficient (Wildman–Crippen LogP) is 6.97. The van der Waals surface area contributed by atoms with Crippen LogP contribution in [0, 0.1) is 12.3 Å². The fourth-order valence-electron chi connectivity index (χ4n) is 4.52. The monoisotopic (exact) mass is 543 g/mol. The van der Waals surface area contributed by atoms with E-state index in [0.29, 0.717) is 26.8 Å². The SMILES string of the molecule is Cc1c(/C=C2\C(=N)N3N=C(c4ccccc4Cl)SC3=NC2=O)c2ccccc2n1Cc1ccccc1Cl. The first kappa shape index (κ1) is 23.7. The van der Waals surface area contributed by atoms with Crippen molar-refractivity contribution in [3.05, 3.63) is 111 Å². The molecule has 6 rings (SSSR count). The molecule has 1 amide bonds. The summed E-state index contributed by atoms with van der Waals surface area (Å²) >= 11 is 14.0. The lowest BCUT2D eigenvalue weighted by Crippen LogP contribution is -2.35. The molecule has 3 heterocycles. The van der Waals surface area contributed by atoms with Gasteiger partial charge in [-0.15, -0.1) is 0 Å². The van der Waals surface area contributed by atoms with Crippen molar-refractivity contribution in [1.82, 2.24) is 9.58 Å². The minimum atomic E-state index is -0.471. The number of halogens is 2. The van der Waals surface area contributed by atoms with E-state index >= 15 is 0 Å². The van der Waals surface area contributed by atoms with E-state index in [9.17, 15) is 4.79 Å². The summed E-state index contributed by atoms with van der Waals surface area (Å²) in [5.41, 5.74) is 4.74. The van der Waals surface area contributed by atoms with Crippen molar-refractivity contribution in [3.63, 3.8) is 0 Å². The quantitative estimate of drug-likeness (QED) is 0.282. The number of rotatable bonds is 4. The zero-order chi connectivity index (χ0) is 25.7. The average Bonchev–Trinajstić information content (AvgIpc) is 3.43. The number of hydrazone groups is 1. The summed E-state index contributed by atoms with van der Waals surface area (Å²) < 4.78 is 2.17. The number of thioether (sulfide) groups is 1. The maximum absolute atomic E-state index is 13.1. The summed E-state index contributed by atoms with van der Waals surface area (Å²) in [5.74, 6) is -0.492. The molecule has 0 spiro atoms. The number of amides is 1. The second-order valence-corrected chi connectivity index (χ2v) is 10.4. The third-order valence-corrected chi connectivity index (χ3v) is 8.05. The fraction of sp³-hybridized carbons (Fsp3) is 0.0714. The van der Waals surface area contributed by atoms with E-state index in [4.69, 9.17) is 28.6 Å². The summed E-state index contributed by atoms with van der Waals surface area (Å²) in [7, 11) is 0. The van der Waals surface area contributed by atoms with Crippen molar-refractivity contribution in [2.24, 2.45) is 10.1 Å². The van der Waals surface area contributed by atoms with Gasteiger partial charge in [-0.05, 0) is 48.5 Å². The Bertz CT molecular complexity index is 1720. The van der Waals surface area contributed by atoms with Crippen LogP contribution in [0.2, 0.25) is 10.0 Å². The van der Waals surface area contributed by atoms with Crippen LogP contribution in [0.4, 0.5) is 0 Å². The summed E-state index contributed by atoms with van der Waals surface area (Å²) in [6.45, 7) is 2.59. The third-order valence-electron chi connectivity index (χ3n) is 6.41. The lowest BCUT2D eigenvalue weighted by Gasteiger charge is -2.20. The van der Waals surface area contributed by atoms with Crippen molar-refractivity contribution in [3.8, 4) is 0 Å². The van der Waals surface area contributed by atoms with E-state index < -0.39 is 5.91 Å². The number of amidine groups is 2. The Morgan fingerprint density at radius 1 is 0.973 bits per heavy atom. The van der Waals surface area contributed by atoms with Gasteiger partial charge < -0.3 is 4.57 Å². The van der Waals surface area contributed by atoms with E-state index in [1.165, 1.54) is 16.8 Å². The van der Waals surface area contributed by atoms with E-state index in [-0.39, 0.29) is 11.4 Å². The van der Waals surface area contributed by atoms with Crippen LogP contribution < -0.4 is 0 Å². The molecule has 1 aromatic heterocycles. The van der Waals surface area contributed by atoms with Gasteiger partial charge in [0.15, 0.2) is 5.84 Å². The van der Waals surface area contributed by atoms with Gasteiger partial charge in [-0.2, -0.15) is 15.1 Å². The van der Waals surface area contributed by atoms with Crippen LogP contribution in [-0.4, -0.2) is 31.5 Å². The fourth-order valence-corrected chi connectivity index (χ4v) is 5.93. The highest BCUT2D eigenvalue weighted by atomic mass is 35.5. The standard InChI is InChI=1S/C28H19Cl2N5OS/c1-16-20(18-9-4-7-13-24(18)34(16)15-17-8-2-5-11-22(17)29)14-21-25(31)35-28(32-26(21)36)37-27(33-35)19-10-3-6-12-23(19)30/h2-14,31H,15H2,1H3/b21-14+,31-25?. The Balaban J connectivity index is 1.42. The summed E-state index contributed by atoms with van der Waals surface area (Å²) in [6.07, 6.45) is 1.75. The Kier molecular flexibility index (Phi) is 5.99. The molecule has 4 aromatic rings. The molecular weight excluding hydrogens is 525 g/mol. The number of nitrogens with zero attached hydrogens (tertiary/aromatic N) is 4. The number of aromatic nitrogens is 1. The molecule has 0 unspecified atom stereocenters. The zero-order valence-electron chi connectivity index (χ0n) is 19.6. The van der Waals surface area contributed by atoms with Crippen LogP contribution in [0.3, 0.4) is 0 Å². The Morgan fingerprint density at radius 3 is 2.46 bits per heavy atom. The van der Waals surface area contributed by atoms with Crippen LogP contribution >= 0.6 is 35.0 Å². The number of nitrogens with one attached hydrogen (secondary N) is 1. The smallest absolute Gasteiger partial charge is 0.283 e. The molecule has 2 aliphatic rings. The van der Waals surface area contributed by atoms with Gasteiger partial charge in [0.2, 0.25) is 5.17 Å². The molecule has 0 aliphatic carbocycles. The molecule has 1 N–H and O–H groups in total. The van der Waals surface area contributed by atoms with Gasteiger partial charge in [0.05, 0.1) is 10.6 Å². The molecule has 182 valence electrons. The van der Waals surface area contributed by atoms with E-state index in [1.807, 2.05) is 73.7 Å². The van der Waals surface area contributed by atoms with E-state index in [1.54, 1.807) is 12.1 Å². The van der Waals surface area contributed by atoms with Crippen LogP contribution in [0.25, 0.3) is 17.0 Å². The first-order valence-corrected chi connectivity index (χ1v) is 13.1. The normalized spacial score (nSPS) is 16.4. The van der Waals surface area contributed by atoms with Crippen LogP contribution in [0.1, 0.15) is 22.4 Å². The maximum atomic E-state index is 13.1. The highest BCUT2D eigenvalue weighted by molar-refractivity contribution is 8.27. The van der Waals surface area contributed by atoms with Crippen LogP contribution in [0.5, 0.6) is 0 Å². The highest BCUT2D eigenvalue weighted by Crippen LogP contribution is 2.35. The molecule has 9 heteroatoms. The number of hydrogen-bond donors (Lipinski definition) is 1. The molecular formula is C28H19Cl2N5OS. The lowest BCUT2D eigenvalue weighted by molar-refractivity contribution is -0.114. The molecule has 2 aliphatic heterocycles. The van der Waals surface area contributed by atoms with Gasteiger partial charge >= 0.3 is 0 Å². The molecule has 6 nitrogen and oxygen atoms in total. The van der Waals surface area contributed by atoms with Gasteiger partial charge in [-0.25, -0.2) is 0 Å². The number of fused-ring (bicyclic) bond motifs is 2. The van der Waals surface area contributed by atoms with Gasteiger partial charge in [0, 0.05) is 39.3 Å². The van der Waals surface area contributed by atoms with Crippen molar-refractivity contribution in [2.45, 2.75) is 13.5 Å². The van der Waals surface area contributed by atoms with Gasteiger partial charge in [0.25, 0.3) is 5.91 Å². The van der Waals surface area contributed by atoms with Crippen LogP contribution in [-0.2, 0) is 11.3 Å². The maximum Gasteiger partial charge on any atom is 0.283 e. The zero-order valence-corrected chi connectivity index (χ0v) is 21.9. The van der Waals surface area contributed by atoms with Crippen molar-refractivity contribution in [1.29, 1.82) is 5.41 Å². The molecule has 3 aromatic carbocycles. The average molecular weight is 544 g/mol. The largest absolute Gasteiger partial charge is 0.340 e. The van der Waals surface area contributed by atoms with E-state index in [0.717, 1.165) is 33.3 Å². The second-order valence-electron chi connectivity index (χ2n) is 8.60. The molecule has 0 bridgehead atoms. The first-order valence-electron chi connectivity index (χ1n) is 11.5. The number of aliphatic imine (C=N–C) groups is 1. The number of carbonyl (C=O) groups is 1. The summed E-state index contributed by atoms with van der Waals surface area (Å²) in [4.78, 5) is 17.4. The first-order chi connectivity index (χ1) is 17.9. The molecule has 0 atom stereocenters. The Labute approximate surface area is 227 Å². The minimum Gasteiger partial charge on any atom is -0.340 e.